The van der Waals surface area contributed by atoms with Crippen LogP contribution in [0.4, 0.5) is 0 Å². The Kier molecular flexibility index (Phi) is 4.04. The van der Waals surface area contributed by atoms with Gasteiger partial charge in [-0.25, -0.2) is 0 Å². The molecule has 0 fully saturated rings. The Bertz CT molecular complexity index is 796. The monoisotopic (exact) mass is 316 g/mol. The van der Waals surface area contributed by atoms with Crippen LogP contribution in [-0.4, -0.2) is 10.2 Å². The summed E-state index contributed by atoms with van der Waals surface area (Å²) in [5, 5.41) is 9.29. The molecule has 0 aliphatic carbocycles. The van der Waals surface area contributed by atoms with Gasteiger partial charge in [0.2, 0.25) is 11.8 Å². The number of hydrogen-bond acceptors (Lipinski definition) is 3. The molecule has 0 atom stereocenters. The first-order valence-electron chi connectivity index (χ1n) is 6.24. The van der Waals surface area contributed by atoms with Gasteiger partial charge in [-0.1, -0.05) is 41.4 Å². The van der Waals surface area contributed by atoms with Crippen molar-refractivity contribution in [1.82, 2.24) is 10.2 Å². The van der Waals surface area contributed by atoms with Gasteiger partial charge in [0.05, 0.1) is 0 Å². The minimum atomic E-state index is 0.421. The van der Waals surface area contributed by atoms with Gasteiger partial charge in [-0.15, -0.1) is 10.2 Å². The van der Waals surface area contributed by atoms with E-state index in [2.05, 4.69) is 10.2 Å². The van der Waals surface area contributed by atoms with Crippen LogP contribution in [0, 0.1) is 0 Å². The van der Waals surface area contributed by atoms with Crippen molar-refractivity contribution < 1.29 is 4.42 Å². The lowest BCUT2D eigenvalue weighted by atomic mass is 10.2. The Morgan fingerprint density at radius 2 is 1.62 bits per heavy atom. The molecule has 1 aromatic heterocycles. The van der Waals surface area contributed by atoms with Gasteiger partial charge in [0.15, 0.2) is 0 Å². The first-order valence-corrected chi connectivity index (χ1v) is 6.99. The van der Waals surface area contributed by atoms with Gasteiger partial charge in [-0.3, -0.25) is 0 Å². The molecule has 0 spiro atoms. The molecule has 0 unspecified atom stereocenters. The highest BCUT2D eigenvalue weighted by atomic mass is 35.5. The molecule has 0 amide bonds. The maximum absolute atomic E-state index is 5.94. The molecule has 0 aliphatic rings. The van der Waals surface area contributed by atoms with E-state index in [4.69, 9.17) is 27.6 Å². The van der Waals surface area contributed by atoms with Crippen LogP contribution >= 0.6 is 23.2 Å². The zero-order chi connectivity index (χ0) is 14.7. The number of rotatable bonds is 3. The van der Waals surface area contributed by atoms with Gasteiger partial charge >= 0.3 is 0 Å². The van der Waals surface area contributed by atoms with Crippen LogP contribution in [0.15, 0.2) is 52.9 Å². The largest absolute Gasteiger partial charge is 0.417 e. The summed E-state index contributed by atoms with van der Waals surface area (Å²) in [6.45, 7) is 0. The fraction of sp³-hybridized carbons (Fsp3) is 0. The summed E-state index contributed by atoms with van der Waals surface area (Å²) in [6.07, 6.45) is 3.61. The van der Waals surface area contributed by atoms with E-state index in [1.54, 1.807) is 18.2 Å². The van der Waals surface area contributed by atoms with Crippen molar-refractivity contribution in [1.29, 1.82) is 0 Å². The summed E-state index contributed by atoms with van der Waals surface area (Å²) in [4.78, 5) is 0. The summed E-state index contributed by atoms with van der Waals surface area (Å²) in [7, 11) is 0. The average Bonchev–Trinajstić information content (AvgIpc) is 2.94. The van der Waals surface area contributed by atoms with Crippen molar-refractivity contribution in [3.05, 3.63) is 70.0 Å². The Morgan fingerprint density at radius 3 is 2.38 bits per heavy atom. The SMILES string of the molecule is Clc1cccc(/C=C/c2nnc(-c3cccc(Cl)c3)o2)c1. The molecule has 21 heavy (non-hydrogen) atoms. The highest BCUT2D eigenvalue weighted by molar-refractivity contribution is 6.31. The number of hydrogen-bond donors (Lipinski definition) is 0. The molecular weight excluding hydrogens is 307 g/mol. The summed E-state index contributed by atoms with van der Waals surface area (Å²) in [5.74, 6) is 0.855. The standard InChI is InChI=1S/C16H10Cl2N2O/c17-13-5-1-3-11(9-13)7-8-15-19-20-16(21-15)12-4-2-6-14(18)10-12/h1-10H/b8-7+. The Hall–Kier alpha value is -2.10. The summed E-state index contributed by atoms with van der Waals surface area (Å²) < 4.78 is 5.58. The van der Waals surface area contributed by atoms with Crippen molar-refractivity contribution in [2.24, 2.45) is 0 Å². The van der Waals surface area contributed by atoms with E-state index in [1.807, 2.05) is 42.5 Å². The van der Waals surface area contributed by atoms with Gasteiger partial charge in [-0.05, 0) is 42.0 Å². The third-order valence-corrected chi connectivity index (χ3v) is 3.25. The molecule has 3 aromatic rings. The van der Waals surface area contributed by atoms with Crippen molar-refractivity contribution >= 4 is 35.4 Å². The minimum absolute atomic E-state index is 0.421. The second-order valence-corrected chi connectivity index (χ2v) is 5.22. The molecule has 3 rings (SSSR count). The van der Waals surface area contributed by atoms with Gasteiger partial charge in [0.25, 0.3) is 0 Å². The van der Waals surface area contributed by atoms with Crippen LogP contribution in [0.1, 0.15) is 11.5 Å². The van der Waals surface area contributed by atoms with E-state index >= 15 is 0 Å². The molecule has 0 N–H and O–H groups in total. The number of halogens is 2. The fourth-order valence-electron chi connectivity index (χ4n) is 1.82. The van der Waals surface area contributed by atoms with E-state index in [0.29, 0.717) is 21.8 Å². The first kappa shape index (κ1) is 13.9. The molecular formula is C16H10Cl2N2O. The zero-order valence-electron chi connectivity index (χ0n) is 10.8. The predicted octanol–water partition coefficient (Wildman–Crippen LogP) is 5.21. The van der Waals surface area contributed by atoms with Crippen LogP contribution < -0.4 is 0 Å². The lowest BCUT2D eigenvalue weighted by Gasteiger charge is -1.94. The second kappa shape index (κ2) is 6.12. The predicted molar refractivity (Wildman–Crippen MR) is 85.1 cm³/mol. The van der Waals surface area contributed by atoms with Crippen molar-refractivity contribution in [3.8, 4) is 11.5 Å². The van der Waals surface area contributed by atoms with Gasteiger partial charge < -0.3 is 4.42 Å². The molecule has 2 aromatic carbocycles. The van der Waals surface area contributed by atoms with Gasteiger partial charge in [-0.2, -0.15) is 0 Å². The van der Waals surface area contributed by atoms with Crippen molar-refractivity contribution in [3.63, 3.8) is 0 Å². The molecule has 5 heteroatoms. The molecule has 3 nitrogen and oxygen atoms in total. The topological polar surface area (TPSA) is 38.9 Å². The minimum Gasteiger partial charge on any atom is -0.417 e. The quantitative estimate of drug-likeness (QED) is 0.665. The molecule has 1 heterocycles. The smallest absolute Gasteiger partial charge is 0.248 e. The van der Waals surface area contributed by atoms with E-state index in [0.717, 1.165) is 11.1 Å². The highest BCUT2D eigenvalue weighted by Crippen LogP contribution is 2.22. The third kappa shape index (κ3) is 3.51. The molecule has 0 aliphatic heterocycles. The molecule has 0 bridgehead atoms. The van der Waals surface area contributed by atoms with Gasteiger partial charge in [0.1, 0.15) is 0 Å². The first-order chi connectivity index (χ1) is 10.2. The zero-order valence-corrected chi connectivity index (χ0v) is 12.3. The number of benzene rings is 2. The van der Waals surface area contributed by atoms with Crippen LogP contribution in [0.2, 0.25) is 10.0 Å². The highest BCUT2D eigenvalue weighted by Gasteiger charge is 2.06. The summed E-state index contributed by atoms with van der Waals surface area (Å²) >= 11 is 11.9. The lowest BCUT2D eigenvalue weighted by molar-refractivity contribution is 0.558. The van der Waals surface area contributed by atoms with E-state index in [1.165, 1.54) is 0 Å². The maximum atomic E-state index is 5.94. The maximum Gasteiger partial charge on any atom is 0.248 e. The Balaban J connectivity index is 1.82. The third-order valence-electron chi connectivity index (χ3n) is 2.78. The second-order valence-electron chi connectivity index (χ2n) is 4.34. The fourth-order valence-corrected chi connectivity index (χ4v) is 2.21. The number of aromatic nitrogens is 2. The molecule has 0 saturated carbocycles. The summed E-state index contributed by atoms with van der Waals surface area (Å²) in [5.41, 5.74) is 1.75. The number of nitrogens with zero attached hydrogens (tertiary/aromatic N) is 2. The van der Waals surface area contributed by atoms with Gasteiger partial charge in [0, 0.05) is 21.7 Å². The molecule has 0 saturated heterocycles. The van der Waals surface area contributed by atoms with Crippen LogP contribution in [0.25, 0.3) is 23.6 Å². The lowest BCUT2D eigenvalue weighted by Crippen LogP contribution is -1.76. The normalized spacial score (nSPS) is 11.1. The van der Waals surface area contributed by atoms with E-state index in [-0.39, 0.29) is 0 Å². The Morgan fingerprint density at radius 1 is 0.857 bits per heavy atom. The molecule has 104 valence electrons. The molecule has 0 radical (unpaired) electrons. The van der Waals surface area contributed by atoms with Crippen molar-refractivity contribution in [2.75, 3.05) is 0 Å². The van der Waals surface area contributed by atoms with Crippen molar-refractivity contribution in [2.45, 2.75) is 0 Å². The summed E-state index contributed by atoms with van der Waals surface area (Å²) in [6, 6.07) is 14.8. The average molecular weight is 317 g/mol. The van der Waals surface area contributed by atoms with E-state index in [9.17, 15) is 0 Å². The van der Waals surface area contributed by atoms with E-state index < -0.39 is 0 Å². The van der Waals surface area contributed by atoms with Crippen LogP contribution in [0.5, 0.6) is 0 Å². The van der Waals surface area contributed by atoms with Crippen LogP contribution in [-0.2, 0) is 0 Å². The Labute approximate surface area is 131 Å². The van der Waals surface area contributed by atoms with Crippen LogP contribution in [0.3, 0.4) is 0 Å².